The maximum Gasteiger partial charge on any atom is 0.290 e. The van der Waals surface area contributed by atoms with Gasteiger partial charge >= 0.3 is 0 Å². The summed E-state index contributed by atoms with van der Waals surface area (Å²) in [6, 6.07) is 13.8. The molecule has 1 aliphatic carbocycles. The van der Waals surface area contributed by atoms with Gasteiger partial charge in [0.2, 0.25) is 5.91 Å². The van der Waals surface area contributed by atoms with Gasteiger partial charge in [0.05, 0.1) is 16.3 Å². The molecule has 1 saturated heterocycles. The van der Waals surface area contributed by atoms with E-state index in [0.717, 1.165) is 42.5 Å². The molecule has 2 aromatic carbocycles. The number of piperazine rings is 1. The number of hydrogen-bond donors (Lipinski definition) is 2. The van der Waals surface area contributed by atoms with Gasteiger partial charge in [-0.1, -0.05) is 18.2 Å². The van der Waals surface area contributed by atoms with Gasteiger partial charge in [0.15, 0.2) is 5.82 Å². The van der Waals surface area contributed by atoms with Gasteiger partial charge in [-0.25, -0.2) is 9.07 Å². The lowest BCUT2D eigenvalue weighted by Crippen LogP contribution is -2.48. The molecule has 228 valence electrons. The number of carbonyl (C=O) groups excluding carboxylic acids is 2. The zero-order valence-electron chi connectivity index (χ0n) is 25.2. The molecule has 0 saturated carbocycles. The highest BCUT2D eigenvalue weighted by Gasteiger charge is 2.32. The predicted molar refractivity (Wildman–Crippen MR) is 171 cm³/mol. The van der Waals surface area contributed by atoms with E-state index in [1.165, 1.54) is 34.9 Å². The molecule has 6 rings (SSSR count). The summed E-state index contributed by atoms with van der Waals surface area (Å²) in [6.45, 7) is 3.20. The molecule has 1 unspecified atom stereocenters. The van der Waals surface area contributed by atoms with Crippen molar-refractivity contribution < 1.29 is 14.0 Å². The number of carbonyl (C=O) groups is 2. The number of aromatic nitrogens is 2. The van der Waals surface area contributed by atoms with Gasteiger partial charge in [0.25, 0.3) is 11.5 Å². The highest BCUT2D eigenvalue weighted by atomic mass is 32.1. The van der Waals surface area contributed by atoms with Crippen LogP contribution in [0.2, 0.25) is 0 Å². The van der Waals surface area contributed by atoms with Crippen LogP contribution in [-0.4, -0.2) is 58.6 Å². The zero-order chi connectivity index (χ0) is 31.1. The first-order valence-corrected chi connectivity index (χ1v) is 15.6. The second kappa shape index (κ2) is 12.0. The summed E-state index contributed by atoms with van der Waals surface area (Å²) in [6.07, 6.45) is 4.18. The molecule has 0 spiro atoms. The van der Waals surface area contributed by atoms with Crippen molar-refractivity contribution in [3.8, 4) is 11.3 Å². The molecule has 2 aromatic heterocycles. The molecule has 2 aliphatic rings. The van der Waals surface area contributed by atoms with Crippen molar-refractivity contribution in [3.63, 3.8) is 0 Å². The summed E-state index contributed by atoms with van der Waals surface area (Å²) >= 11 is 1.48. The lowest BCUT2D eigenvalue weighted by molar-refractivity contribution is -0.139. The molecule has 2 amide bonds. The number of thiophene rings is 1. The minimum Gasteiger partial charge on any atom is -0.351 e. The van der Waals surface area contributed by atoms with E-state index in [9.17, 15) is 14.4 Å². The van der Waals surface area contributed by atoms with E-state index in [2.05, 4.69) is 15.7 Å². The molecule has 0 bridgehead atoms. The minimum atomic E-state index is -0.618. The molecular weight excluding hydrogens is 579 g/mol. The second-order valence-corrected chi connectivity index (χ2v) is 12.7. The molecule has 2 N–H and O–H groups in total. The SMILES string of the molecule is Cc1ccc(-c2cc(Nc3ccc(C4C(=O)N(C)CCN4C)cc3)c(=O)n(C)n2)c(F)c1NC(=O)c1cc2c(s1)CCCC2. The van der Waals surface area contributed by atoms with Gasteiger partial charge < -0.3 is 15.5 Å². The normalized spacial score (nSPS) is 17.0. The van der Waals surface area contributed by atoms with Crippen LogP contribution in [0.3, 0.4) is 0 Å². The predicted octanol–water partition coefficient (Wildman–Crippen LogP) is 5.28. The van der Waals surface area contributed by atoms with Crippen LogP contribution < -0.4 is 16.2 Å². The summed E-state index contributed by atoms with van der Waals surface area (Å²) in [5, 5.41) is 10.2. The Morgan fingerprint density at radius 1 is 1.00 bits per heavy atom. The van der Waals surface area contributed by atoms with Crippen molar-refractivity contribution in [2.45, 2.75) is 38.6 Å². The molecule has 1 aliphatic heterocycles. The lowest BCUT2D eigenvalue weighted by atomic mass is 9.99. The van der Waals surface area contributed by atoms with Crippen molar-refractivity contribution in [1.82, 2.24) is 19.6 Å². The van der Waals surface area contributed by atoms with E-state index < -0.39 is 5.82 Å². The van der Waals surface area contributed by atoms with Crippen molar-refractivity contribution in [1.29, 1.82) is 0 Å². The van der Waals surface area contributed by atoms with Gasteiger partial charge in [-0.05, 0) is 86.7 Å². The molecule has 44 heavy (non-hydrogen) atoms. The van der Waals surface area contributed by atoms with Crippen LogP contribution in [0.4, 0.5) is 21.5 Å². The van der Waals surface area contributed by atoms with Crippen LogP contribution in [0.15, 0.2) is 53.3 Å². The smallest absolute Gasteiger partial charge is 0.290 e. The number of benzene rings is 2. The van der Waals surface area contributed by atoms with Gasteiger partial charge in [-0.2, -0.15) is 5.10 Å². The fraction of sp³-hybridized carbons (Fsp3) is 0.333. The number of anilines is 3. The van der Waals surface area contributed by atoms with E-state index in [-0.39, 0.29) is 46.0 Å². The van der Waals surface area contributed by atoms with Crippen molar-refractivity contribution in [2.24, 2.45) is 7.05 Å². The van der Waals surface area contributed by atoms with Crippen LogP contribution in [0.1, 0.15) is 50.1 Å². The maximum absolute atomic E-state index is 16.0. The van der Waals surface area contributed by atoms with Crippen LogP contribution in [0, 0.1) is 12.7 Å². The Bertz CT molecular complexity index is 1790. The molecule has 1 atom stereocenters. The average molecular weight is 615 g/mol. The number of rotatable bonds is 6. The third kappa shape index (κ3) is 5.65. The minimum absolute atomic E-state index is 0.0392. The Kier molecular flexibility index (Phi) is 8.08. The Morgan fingerprint density at radius 3 is 2.50 bits per heavy atom. The molecule has 9 nitrogen and oxygen atoms in total. The van der Waals surface area contributed by atoms with Crippen LogP contribution in [-0.2, 0) is 24.7 Å². The number of aryl methyl sites for hydroxylation is 4. The maximum atomic E-state index is 16.0. The number of hydrogen-bond acceptors (Lipinski definition) is 7. The largest absolute Gasteiger partial charge is 0.351 e. The summed E-state index contributed by atoms with van der Waals surface area (Å²) in [5.74, 6) is -0.916. The Hall–Kier alpha value is -4.35. The zero-order valence-corrected chi connectivity index (χ0v) is 26.1. The number of nitrogens with zero attached hydrogens (tertiary/aromatic N) is 4. The fourth-order valence-electron chi connectivity index (χ4n) is 5.88. The van der Waals surface area contributed by atoms with Gasteiger partial charge in [0.1, 0.15) is 11.7 Å². The third-order valence-electron chi connectivity index (χ3n) is 8.49. The summed E-state index contributed by atoms with van der Waals surface area (Å²) in [5.41, 5.74) is 3.61. The topological polar surface area (TPSA) is 99.6 Å². The first kappa shape index (κ1) is 29.7. The molecule has 4 aromatic rings. The van der Waals surface area contributed by atoms with Crippen molar-refractivity contribution in [2.75, 3.05) is 37.8 Å². The number of likely N-dealkylation sites (N-methyl/N-ethyl adjacent to an activating group) is 2. The number of fused-ring (bicyclic) bond motifs is 1. The van der Waals surface area contributed by atoms with E-state index in [1.54, 1.807) is 31.0 Å². The van der Waals surface area contributed by atoms with Crippen LogP contribution in [0.5, 0.6) is 0 Å². The molecule has 3 heterocycles. The third-order valence-corrected chi connectivity index (χ3v) is 9.73. The summed E-state index contributed by atoms with van der Waals surface area (Å²) in [7, 11) is 5.24. The van der Waals surface area contributed by atoms with Crippen molar-refractivity contribution >= 4 is 40.2 Å². The monoisotopic (exact) mass is 614 g/mol. The molecular formula is C33H35FN6O3S. The van der Waals surface area contributed by atoms with Gasteiger partial charge in [-0.3, -0.25) is 19.3 Å². The van der Waals surface area contributed by atoms with Gasteiger partial charge in [0, 0.05) is 43.3 Å². The number of halogens is 1. The van der Waals surface area contributed by atoms with Crippen LogP contribution >= 0.6 is 11.3 Å². The quantitative estimate of drug-likeness (QED) is 0.307. The van der Waals surface area contributed by atoms with Crippen molar-refractivity contribution in [3.05, 3.63) is 91.1 Å². The molecule has 11 heteroatoms. The van der Waals surface area contributed by atoms with E-state index in [1.807, 2.05) is 42.3 Å². The lowest BCUT2D eigenvalue weighted by Gasteiger charge is -2.37. The Labute approximate surface area is 259 Å². The summed E-state index contributed by atoms with van der Waals surface area (Å²) < 4.78 is 17.2. The second-order valence-electron chi connectivity index (χ2n) is 11.6. The first-order chi connectivity index (χ1) is 21.1. The van der Waals surface area contributed by atoms with Gasteiger partial charge in [-0.15, -0.1) is 11.3 Å². The fourth-order valence-corrected chi connectivity index (χ4v) is 7.03. The average Bonchev–Trinajstić information content (AvgIpc) is 3.45. The Morgan fingerprint density at radius 2 is 1.75 bits per heavy atom. The number of nitrogens with one attached hydrogen (secondary N) is 2. The highest BCUT2D eigenvalue weighted by Crippen LogP contribution is 2.33. The van der Waals surface area contributed by atoms with E-state index in [4.69, 9.17) is 0 Å². The standard InChI is InChI=1S/C33H35FN6O3S/c1-19-9-14-23(28(34)29(19)36-31(41)27-17-21-7-5-6-8-26(21)44-27)24-18-25(32(42)40(4)37-24)35-22-12-10-20(11-13-22)30-33(43)39(3)16-15-38(30)2/h9-14,17-18,30,35H,5-8,15-16H2,1-4H3,(H,36,41). The van der Waals surface area contributed by atoms with Crippen LogP contribution in [0.25, 0.3) is 11.3 Å². The number of amides is 2. The van der Waals surface area contributed by atoms with E-state index >= 15 is 4.39 Å². The van der Waals surface area contributed by atoms with E-state index in [0.29, 0.717) is 22.7 Å². The molecule has 1 fully saturated rings. The molecule has 0 radical (unpaired) electrons. The first-order valence-electron chi connectivity index (χ1n) is 14.7. The summed E-state index contributed by atoms with van der Waals surface area (Å²) in [4.78, 5) is 44.5. The Balaban J connectivity index is 1.26. The highest BCUT2D eigenvalue weighted by molar-refractivity contribution is 7.14.